The molecule has 4 N–H and O–H groups in total. The summed E-state index contributed by atoms with van der Waals surface area (Å²) in [5, 5.41) is 0.576. The summed E-state index contributed by atoms with van der Waals surface area (Å²) in [5.41, 5.74) is 14.7. The van der Waals surface area contributed by atoms with Crippen LogP contribution in [0, 0.1) is 0 Å². The van der Waals surface area contributed by atoms with Gasteiger partial charge in [-0.05, 0) is 72.5 Å². The zero-order valence-corrected chi connectivity index (χ0v) is 21.1. The third-order valence-corrected chi connectivity index (χ3v) is 6.23. The van der Waals surface area contributed by atoms with Gasteiger partial charge in [-0.1, -0.05) is 23.7 Å². The summed E-state index contributed by atoms with van der Waals surface area (Å²) < 4.78 is 11.4. The molecule has 0 saturated carbocycles. The molecule has 192 valence electrons. The van der Waals surface area contributed by atoms with Crippen molar-refractivity contribution >= 4 is 35.3 Å². The Morgan fingerprint density at radius 3 is 2.51 bits per heavy atom. The van der Waals surface area contributed by atoms with E-state index in [1.54, 1.807) is 35.4 Å². The van der Waals surface area contributed by atoms with E-state index in [1.165, 1.54) is 0 Å². The number of amides is 2. The topological polar surface area (TPSA) is 121 Å². The van der Waals surface area contributed by atoms with Gasteiger partial charge in [-0.3, -0.25) is 9.59 Å². The number of nitrogens with zero attached hydrogens (tertiary/aromatic N) is 2. The van der Waals surface area contributed by atoms with E-state index in [4.69, 9.17) is 32.5 Å². The van der Waals surface area contributed by atoms with E-state index in [0.717, 1.165) is 16.7 Å². The highest BCUT2D eigenvalue weighted by atomic mass is 35.5. The highest BCUT2D eigenvalue weighted by Gasteiger charge is 2.19. The van der Waals surface area contributed by atoms with Crippen molar-refractivity contribution < 1.29 is 19.1 Å². The molecular weight excluding hydrogens is 492 g/mol. The summed E-state index contributed by atoms with van der Waals surface area (Å²) in [4.78, 5) is 30.5. The molecule has 2 heterocycles. The molecule has 4 rings (SSSR count). The van der Waals surface area contributed by atoms with Gasteiger partial charge in [-0.2, -0.15) is 0 Å². The summed E-state index contributed by atoms with van der Waals surface area (Å²) in [6.45, 7) is 2.67. The van der Waals surface area contributed by atoms with Crippen molar-refractivity contribution in [2.75, 3.05) is 38.6 Å². The van der Waals surface area contributed by atoms with Crippen LogP contribution in [0.15, 0.2) is 66.4 Å². The van der Waals surface area contributed by atoms with Crippen molar-refractivity contribution in [3.63, 3.8) is 0 Å². The van der Waals surface area contributed by atoms with E-state index >= 15 is 0 Å². The van der Waals surface area contributed by atoms with Crippen LogP contribution in [0.5, 0.6) is 5.75 Å². The Labute approximate surface area is 220 Å². The lowest BCUT2D eigenvalue weighted by atomic mass is 10.0. The minimum absolute atomic E-state index is 0.00882. The van der Waals surface area contributed by atoms with E-state index in [0.29, 0.717) is 73.5 Å². The number of benzene rings is 2. The van der Waals surface area contributed by atoms with Crippen molar-refractivity contribution in [3.05, 3.63) is 82.5 Å². The van der Waals surface area contributed by atoms with E-state index in [2.05, 4.69) is 4.98 Å². The lowest BCUT2D eigenvalue weighted by Gasteiger charge is -2.26. The van der Waals surface area contributed by atoms with Gasteiger partial charge >= 0.3 is 0 Å². The number of nitrogen functional groups attached to an aromatic ring is 1. The molecule has 0 bridgehead atoms. The molecule has 37 heavy (non-hydrogen) atoms. The van der Waals surface area contributed by atoms with Crippen LogP contribution in [0.4, 0.5) is 5.82 Å². The van der Waals surface area contributed by atoms with Crippen LogP contribution in [0.3, 0.4) is 0 Å². The molecule has 2 amide bonds. The number of halogens is 1. The molecule has 0 aliphatic carbocycles. The van der Waals surface area contributed by atoms with Crippen molar-refractivity contribution in [2.45, 2.75) is 12.8 Å². The molecule has 1 fully saturated rings. The lowest BCUT2D eigenvalue weighted by molar-refractivity contribution is -0.114. The Morgan fingerprint density at radius 1 is 1.08 bits per heavy atom. The molecule has 0 radical (unpaired) electrons. The van der Waals surface area contributed by atoms with E-state index in [-0.39, 0.29) is 5.91 Å². The molecule has 1 aliphatic rings. The van der Waals surface area contributed by atoms with Crippen LogP contribution in [-0.2, 0) is 9.53 Å². The lowest BCUT2D eigenvalue weighted by Crippen LogP contribution is -2.40. The number of ether oxygens (including phenoxy) is 2. The number of aromatic nitrogens is 1. The van der Waals surface area contributed by atoms with Crippen LogP contribution in [0.25, 0.3) is 17.2 Å². The second kappa shape index (κ2) is 12.4. The predicted molar refractivity (Wildman–Crippen MR) is 144 cm³/mol. The number of hydrogen-bond acceptors (Lipinski definition) is 6. The molecule has 0 unspecified atom stereocenters. The molecule has 1 aromatic heterocycles. The second-order valence-corrected chi connectivity index (χ2v) is 9.06. The van der Waals surface area contributed by atoms with Crippen LogP contribution < -0.4 is 16.2 Å². The quantitative estimate of drug-likeness (QED) is 0.322. The Hall–Kier alpha value is -3.88. The predicted octanol–water partition coefficient (Wildman–Crippen LogP) is 4.18. The number of anilines is 1. The first-order valence-electron chi connectivity index (χ1n) is 12.0. The number of hydrogen-bond donors (Lipinski definition) is 2. The van der Waals surface area contributed by atoms with Gasteiger partial charge in [0.25, 0.3) is 5.91 Å². The Morgan fingerprint density at radius 2 is 1.84 bits per heavy atom. The number of carbonyl (C=O) groups is 2. The number of nitrogens with two attached hydrogens (primary N) is 2. The largest absolute Gasteiger partial charge is 0.493 e. The van der Waals surface area contributed by atoms with Gasteiger partial charge < -0.3 is 25.8 Å². The SMILES string of the molecule is NC(=O)/C(=C/c1ccc(N)nc1)CCCOc1ccc(Cl)cc1-c1ccc(C(=O)N2CCOCC2)cc1. The third kappa shape index (κ3) is 7.09. The van der Waals surface area contributed by atoms with Crippen molar-refractivity contribution in [1.29, 1.82) is 0 Å². The fraction of sp³-hybridized carbons (Fsp3) is 0.250. The first-order chi connectivity index (χ1) is 17.9. The number of primary amides is 1. The summed E-state index contributed by atoms with van der Waals surface area (Å²) >= 11 is 6.27. The number of pyridine rings is 1. The third-order valence-electron chi connectivity index (χ3n) is 6.00. The van der Waals surface area contributed by atoms with Crippen LogP contribution in [0.1, 0.15) is 28.8 Å². The summed E-state index contributed by atoms with van der Waals surface area (Å²) in [7, 11) is 0. The van der Waals surface area contributed by atoms with Crippen LogP contribution >= 0.6 is 11.6 Å². The van der Waals surface area contributed by atoms with Crippen LogP contribution in [-0.4, -0.2) is 54.6 Å². The van der Waals surface area contributed by atoms with Crippen molar-refractivity contribution in [2.24, 2.45) is 5.73 Å². The van der Waals surface area contributed by atoms with Crippen molar-refractivity contribution in [1.82, 2.24) is 9.88 Å². The Balaban J connectivity index is 1.41. The monoisotopic (exact) mass is 520 g/mol. The zero-order valence-electron chi connectivity index (χ0n) is 20.4. The average molecular weight is 521 g/mol. The standard InChI is InChI=1S/C28H29ClN4O4/c29-23-8-9-25(37-13-1-2-22(27(31)34)16-19-3-10-26(30)32-18-19)24(17-23)20-4-6-21(7-5-20)28(35)33-11-14-36-15-12-33/h3-10,16-18H,1-2,11-15H2,(H2,30,32)(H2,31,34)/b22-16+. The fourth-order valence-electron chi connectivity index (χ4n) is 4.01. The maximum absolute atomic E-state index is 12.8. The Bertz CT molecular complexity index is 1270. The molecule has 8 nitrogen and oxygen atoms in total. The van der Waals surface area contributed by atoms with Gasteiger partial charge in [-0.15, -0.1) is 0 Å². The van der Waals surface area contributed by atoms with Gasteiger partial charge in [-0.25, -0.2) is 4.98 Å². The molecule has 1 saturated heterocycles. The molecule has 3 aromatic rings. The maximum atomic E-state index is 12.8. The minimum atomic E-state index is -0.490. The average Bonchev–Trinajstić information content (AvgIpc) is 2.92. The minimum Gasteiger partial charge on any atom is -0.493 e. The van der Waals surface area contributed by atoms with E-state index < -0.39 is 5.91 Å². The molecule has 9 heteroatoms. The maximum Gasteiger partial charge on any atom is 0.254 e. The normalized spacial score (nSPS) is 13.9. The molecule has 0 spiro atoms. The number of morpholine rings is 1. The summed E-state index contributed by atoms with van der Waals surface area (Å²) in [5.74, 6) is 0.563. The van der Waals surface area contributed by atoms with Gasteiger partial charge in [0.2, 0.25) is 5.91 Å². The van der Waals surface area contributed by atoms with Crippen LogP contribution in [0.2, 0.25) is 5.02 Å². The first-order valence-corrected chi connectivity index (χ1v) is 12.4. The van der Waals surface area contributed by atoms with Gasteiger partial charge in [0, 0.05) is 41.0 Å². The summed E-state index contributed by atoms with van der Waals surface area (Å²) in [6, 6.07) is 16.3. The van der Waals surface area contributed by atoms with Gasteiger partial charge in [0.05, 0.1) is 19.8 Å². The summed E-state index contributed by atoms with van der Waals surface area (Å²) in [6.07, 6.45) is 4.32. The number of carbonyl (C=O) groups excluding carboxylic acids is 2. The van der Waals surface area contributed by atoms with Gasteiger partial charge in [0.1, 0.15) is 11.6 Å². The number of rotatable bonds is 9. The smallest absolute Gasteiger partial charge is 0.254 e. The van der Waals surface area contributed by atoms with Gasteiger partial charge in [0.15, 0.2) is 0 Å². The van der Waals surface area contributed by atoms with E-state index in [1.807, 2.05) is 36.4 Å². The second-order valence-electron chi connectivity index (χ2n) is 8.62. The molecular formula is C28H29ClN4O4. The highest BCUT2D eigenvalue weighted by molar-refractivity contribution is 6.31. The van der Waals surface area contributed by atoms with Crippen molar-refractivity contribution in [3.8, 4) is 16.9 Å². The van der Waals surface area contributed by atoms with E-state index in [9.17, 15) is 9.59 Å². The fourth-order valence-corrected chi connectivity index (χ4v) is 4.18. The Kier molecular flexibility index (Phi) is 8.77. The highest BCUT2D eigenvalue weighted by Crippen LogP contribution is 2.33. The zero-order chi connectivity index (χ0) is 26.2. The molecule has 2 aromatic carbocycles. The molecule has 1 aliphatic heterocycles. The first kappa shape index (κ1) is 26.2. The molecule has 0 atom stereocenters.